The van der Waals surface area contributed by atoms with E-state index in [2.05, 4.69) is 5.32 Å². The van der Waals surface area contributed by atoms with Crippen molar-refractivity contribution in [2.45, 2.75) is 32.3 Å². The molecule has 1 atom stereocenters. The van der Waals surface area contributed by atoms with E-state index in [1.54, 1.807) is 25.3 Å². The van der Waals surface area contributed by atoms with Gasteiger partial charge in [0.2, 0.25) is 0 Å². The third-order valence-corrected chi connectivity index (χ3v) is 5.46. The van der Waals surface area contributed by atoms with Gasteiger partial charge in [0.1, 0.15) is 11.5 Å². The number of hydrogen-bond donors (Lipinski definition) is 2. The summed E-state index contributed by atoms with van der Waals surface area (Å²) in [6.07, 6.45) is 0. The zero-order chi connectivity index (χ0) is 24.0. The van der Waals surface area contributed by atoms with Gasteiger partial charge in [0.05, 0.1) is 12.7 Å². The molecule has 1 amide bonds. The molecule has 0 heterocycles. The molecule has 3 aromatic carbocycles. The highest BCUT2D eigenvalue weighted by atomic mass is 16.5. The Labute approximate surface area is 194 Å². The predicted octanol–water partition coefficient (Wildman–Crippen LogP) is 5.14. The molecule has 6 nitrogen and oxygen atoms in total. The van der Waals surface area contributed by atoms with Crippen LogP contribution in [0.5, 0.6) is 11.5 Å². The van der Waals surface area contributed by atoms with Crippen LogP contribution in [0.25, 0.3) is 11.1 Å². The lowest BCUT2D eigenvalue weighted by Gasteiger charge is -2.22. The Morgan fingerprint density at radius 1 is 0.970 bits per heavy atom. The third-order valence-electron chi connectivity index (χ3n) is 5.46. The van der Waals surface area contributed by atoms with Crippen molar-refractivity contribution in [3.63, 3.8) is 0 Å². The number of rotatable bonds is 9. The van der Waals surface area contributed by atoms with Crippen molar-refractivity contribution in [3.8, 4) is 22.6 Å². The Bertz CT molecular complexity index is 1110. The van der Waals surface area contributed by atoms with E-state index in [0.29, 0.717) is 23.6 Å². The van der Waals surface area contributed by atoms with Gasteiger partial charge in [-0.25, -0.2) is 4.79 Å². The van der Waals surface area contributed by atoms with Crippen LogP contribution in [-0.4, -0.2) is 36.2 Å². The second-order valence-corrected chi connectivity index (χ2v) is 8.38. The highest BCUT2D eigenvalue weighted by molar-refractivity contribution is 5.98. The second-order valence-electron chi connectivity index (χ2n) is 8.38. The largest absolute Gasteiger partial charge is 0.496 e. The van der Waals surface area contributed by atoms with E-state index in [0.717, 1.165) is 16.7 Å². The van der Waals surface area contributed by atoms with E-state index in [4.69, 9.17) is 9.47 Å². The molecule has 0 saturated heterocycles. The number of amides is 1. The maximum absolute atomic E-state index is 13.0. The number of methoxy groups -OCH3 is 1. The number of carbonyl (C=O) groups is 2. The number of nitrogens with one attached hydrogen (secondary N) is 1. The molecule has 33 heavy (non-hydrogen) atoms. The van der Waals surface area contributed by atoms with E-state index >= 15 is 0 Å². The first kappa shape index (κ1) is 23.9. The molecule has 0 fully saturated rings. The number of benzene rings is 3. The van der Waals surface area contributed by atoms with Crippen molar-refractivity contribution in [2.24, 2.45) is 0 Å². The van der Waals surface area contributed by atoms with Crippen LogP contribution in [0, 0.1) is 0 Å². The number of hydrogen-bond acceptors (Lipinski definition) is 4. The molecule has 3 aromatic rings. The topological polar surface area (TPSA) is 84.9 Å². The highest BCUT2D eigenvalue weighted by Gasteiger charge is 2.29. The fourth-order valence-corrected chi connectivity index (χ4v) is 3.36. The zero-order valence-corrected chi connectivity index (χ0v) is 19.3. The molecule has 2 N–H and O–H groups in total. The first-order chi connectivity index (χ1) is 15.7. The summed E-state index contributed by atoms with van der Waals surface area (Å²) in [5.74, 6) is -0.208. The maximum atomic E-state index is 13.0. The van der Waals surface area contributed by atoms with Crippen molar-refractivity contribution in [2.75, 3.05) is 13.7 Å². The van der Waals surface area contributed by atoms with E-state index in [1.807, 2.05) is 61.5 Å². The van der Waals surface area contributed by atoms with Crippen LogP contribution in [0.3, 0.4) is 0 Å². The summed E-state index contributed by atoms with van der Waals surface area (Å²) in [5.41, 5.74) is 2.13. The van der Waals surface area contributed by atoms with Gasteiger partial charge in [-0.3, -0.25) is 4.79 Å². The monoisotopic (exact) mass is 447 g/mol. The van der Waals surface area contributed by atoms with Gasteiger partial charge in [-0.05, 0) is 60.7 Å². The van der Waals surface area contributed by atoms with Gasteiger partial charge in [0.25, 0.3) is 5.91 Å². The minimum atomic E-state index is -1.31. The van der Waals surface area contributed by atoms with Crippen LogP contribution in [0.4, 0.5) is 0 Å². The van der Waals surface area contributed by atoms with Crippen molar-refractivity contribution < 1.29 is 24.2 Å². The summed E-state index contributed by atoms with van der Waals surface area (Å²) in [6.45, 7) is 5.44. The van der Waals surface area contributed by atoms with Gasteiger partial charge in [-0.2, -0.15) is 0 Å². The van der Waals surface area contributed by atoms with Crippen molar-refractivity contribution in [3.05, 3.63) is 83.9 Å². The molecule has 0 spiro atoms. The molecule has 0 radical (unpaired) electrons. The lowest BCUT2D eigenvalue weighted by molar-refractivity contribution is -0.152. The van der Waals surface area contributed by atoms with Crippen LogP contribution in [-0.2, 0) is 4.79 Å². The summed E-state index contributed by atoms with van der Waals surface area (Å²) < 4.78 is 10.9. The molecule has 0 saturated carbocycles. The summed E-state index contributed by atoms with van der Waals surface area (Å²) in [5, 5.41) is 12.2. The van der Waals surface area contributed by atoms with Crippen molar-refractivity contribution >= 4 is 11.9 Å². The summed E-state index contributed by atoms with van der Waals surface area (Å²) in [4.78, 5) is 24.2. The lowest BCUT2D eigenvalue weighted by atomic mass is 10.00. The molecular weight excluding hydrogens is 418 g/mol. The number of carboxylic acids is 1. The van der Waals surface area contributed by atoms with Gasteiger partial charge in [0.15, 0.2) is 5.60 Å². The molecule has 0 aliphatic rings. The van der Waals surface area contributed by atoms with E-state index in [9.17, 15) is 14.7 Å². The minimum Gasteiger partial charge on any atom is -0.496 e. The molecule has 0 aliphatic carbocycles. The first-order valence-corrected chi connectivity index (χ1v) is 10.8. The minimum absolute atomic E-state index is 0.0405. The van der Waals surface area contributed by atoms with Gasteiger partial charge in [0, 0.05) is 6.54 Å². The van der Waals surface area contributed by atoms with E-state index in [-0.39, 0.29) is 11.8 Å². The van der Waals surface area contributed by atoms with Crippen molar-refractivity contribution in [1.29, 1.82) is 0 Å². The van der Waals surface area contributed by atoms with Crippen LogP contribution >= 0.6 is 0 Å². The molecule has 0 aromatic heterocycles. The number of ether oxygens (including phenoxy) is 2. The van der Waals surface area contributed by atoms with Crippen LogP contribution in [0.15, 0.2) is 72.8 Å². The van der Waals surface area contributed by atoms with Crippen molar-refractivity contribution in [1.82, 2.24) is 5.32 Å². The zero-order valence-electron chi connectivity index (χ0n) is 19.3. The van der Waals surface area contributed by atoms with Crippen LogP contribution in [0.2, 0.25) is 0 Å². The molecule has 6 heteroatoms. The number of carbonyl (C=O) groups excluding carboxylic acids is 1. The van der Waals surface area contributed by atoms with Gasteiger partial charge >= 0.3 is 5.97 Å². The molecular formula is C27H29NO5. The molecule has 1 unspecified atom stereocenters. The smallest absolute Gasteiger partial charge is 0.347 e. The van der Waals surface area contributed by atoms with E-state index < -0.39 is 11.6 Å². The lowest BCUT2D eigenvalue weighted by Crippen LogP contribution is -2.37. The predicted molar refractivity (Wildman–Crippen MR) is 128 cm³/mol. The molecule has 3 rings (SSSR count). The number of carboxylic acid groups (broad SMARTS) is 1. The maximum Gasteiger partial charge on any atom is 0.347 e. The Balaban J connectivity index is 1.67. The summed E-state index contributed by atoms with van der Waals surface area (Å²) in [7, 11) is 1.55. The summed E-state index contributed by atoms with van der Waals surface area (Å²) >= 11 is 0. The van der Waals surface area contributed by atoms with Crippen LogP contribution < -0.4 is 14.8 Å². The van der Waals surface area contributed by atoms with Gasteiger partial charge < -0.3 is 19.9 Å². The first-order valence-electron chi connectivity index (χ1n) is 10.8. The van der Waals surface area contributed by atoms with Gasteiger partial charge in [-0.15, -0.1) is 0 Å². The quantitative estimate of drug-likeness (QED) is 0.475. The molecule has 0 bridgehead atoms. The normalized spacial score (nSPS) is 12.0. The Hall–Kier alpha value is -3.80. The SMILES string of the molecule is COc1ccc(-c2ccccc2)cc1C(=O)NCC(C)c1ccc(OC(C)(C)C(=O)O)cc1. The standard InChI is InChI=1S/C27H29NO5/c1-18(19-10-13-22(14-11-19)33-27(2,3)26(30)31)17-28-25(29)23-16-21(12-15-24(23)32-4)20-8-6-5-7-9-20/h5-16,18H,17H2,1-4H3,(H,28,29)(H,30,31). The third kappa shape index (κ3) is 5.92. The van der Waals surface area contributed by atoms with Gasteiger partial charge in [-0.1, -0.05) is 55.5 Å². The number of aliphatic carboxylic acids is 1. The molecule has 172 valence electrons. The average molecular weight is 448 g/mol. The fourth-order valence-electron chi connectivity index (χ4n) is 3.36. The average Bonchev–Trinajstić information content (AvgIpc) is 2.82. The highest BCUT2D eigenvalue weighted by Crippen LogP contribution is 2.27. The molecule has 0 aliphatic heterocycles. The second kappa shape index (κ2) is 10.2. The fraction of sp³-hybridized carbons (Fsp3) is 0.259. The van der Waals surface area contributed by atoms with E-state index in [1.165, 1.54) is 13.8 Å². The Morgan fingerprint density at radius 3 is 2.24 bits per heavy atom. The Kier molecular flexibility index (Phi) is 7.38. The van der Waals surface area contributed by atoms with Crippen LogP contribution in [0.1, 0.15) is 42.6 Å². The Morgan fingerprint density at radius 2 is 1.64 bits per heavy atom. The summed E-state index contributed by atoms with van der Waals surface area (Å²) in [6, 6.07) is 22.7.